The molecule has 26 heavy (non-hydrogen) atoms. The Morgan fingerprint density at radius 3 is 2.31 bits per heavy atom. The van der Waals surface area contributed by atoms with E-state index < -0.39 is 12.1 Å². The maximum atomic E-state index is 12.2. The van der Waals surface area contributed by atoms with Gasteiger partial charge in [-0.2, -0.15) is 13.2 Å². The zero-order chi connectivity index (χ0) is 19.2. The first-order chi connectivity index (χ1) is 12.3. The van der Waals surface area contributed by atoms with Crippen LogP contribution in [-0.2, 0) is 24.4 Å². The molecule has 0 bridgehead atoms. The molecule has 1 amide bonds. The van der Waals surface area contributed by atoms with Crippen LogP contribution >= 0.6 is 0 Å². The van der Waals surface area contributed by atoms with E-state index in [-0.39, 0.29) is 5.91 Å². The highest BCUT2D eigenvalue weighted by Crippen LogP contribution is 2.19. The fourth-order valence-electron chi connectivity index (χ4n) is 2.42. The Bertz CT molecular complexity index is 777. The minimum Gasteiger partial charge on any atom is -0.475 e. The molecule has 0 aliphatic carbocycles. The van der Waals surface area contributed by atoms with Crippen molar-refractivity contribution in [3.63, 3.8) is 0 Å². The summed E-state index contributed by atoms with van der Waals surface area (Å²) in [6, 6.07) is 15.9. The fourth-order valence-corrected chi connectivity index (χ4v) is 2.42. The molecule has 0 unspecified atom stereocenters. The number of hydrogen-bond acceptors (Lipinski definition) is 3. The van der Waals surface area contributed by atoms with Crippen LogP contribution in [-0.4, -0.2) is 23.2 Å². The molecule has 1 aliphatic heterocycles. The van der Waals surface area contributed by atoms with E-state index in [0.29, 0.717) is 6.54 Å². The first-order valence-corrected chi connectivity index (χ1v) is 7.72. The number of amides is 1. The van der Waals surface area contributed by atoms with E-state index in [0.717, 1.165) is 29.8 Å². The van der Waals surface area contributed by atoms with Gasteiger partial charge < -0.3 is 15.7 Å². The third-order valence-electron chi connectivity index (χ3n) is 3.67. The van der Waals surface area contributed by atoms with Crippen LogP contribution in [0, 0.1) is 0 Å². The molecule has 2 aromatic rings. The molecule has 2 aromatic carbocycles. The number of carboxylic acid groups (broad SMARTS) is 1. The Balaban J connectivity index is 0.000000298. The van der Waals surface area contributed by atoms with Gasteiger partial charge in [-0.1, -0.05) is 42.5 Å². The molecule has 1 heterocycles. The molecule has 0 saturated heterocycles. The van der Waals surface area contributed by atoms with Crippen LogP contribution in [0.5, 0.6) is 0 Å². The normalized spacial score (nSPS) is 12.6. The Morgan fingerprint density at radius 1 is 1.04 bits per heavy atom. The van der Waals surface area contributed by atoms with Crippen LogP contribution in [0.2, 0.25) is 0 Å². The number of hydrogen-bond donors (Lipinski definition) is 3. The van der Waals surface area contributed by atoms with Gasteiger partial charge in [0, 0.05) is 25.2 Å². The number of nitrogens with one attached hydrogen (secondary N) is 2. The average Bonchev–Trinajstić information content (AvgIpc) is 3.09. The lowest BCUT2D eigenvalue weighted by atomic mass is 10.0. The van der Waals surface area contributed by atoms with E-state index in [1.807, 2.05) is 42.5 Å². The standard InChI is InChI=1S/C16H16N2O.C2HF3O2/c19-16(18-9-12-5-2-1-3-6-12)14-8-4-7-13-10-17-11-15(13)14;3-2(4,5)1(6)7/h1-8,17H,9-11H2,(H,18,19);(H,6,7). The van der Waals surface area contributed by atoms with Crippen LogP contribution < -0.4 is 10.6 Å². The minimum absolute atomic E-state index is 0.00408. The zero-order valence-electron chi connectivity index (χ0n) is 13.6. The second-order valence-corrected chi connectivity index (χ2v) is 5.52. The van der Waals surface area contributed by atoms with E-state index in [2.05, 4.69) is 16.7 Å². The summed E-state index contributed by atoms with van der Waals surface area (Å²) < 4.78 is 31.7. The number of fused-ring (bicyclic) bond motifs is 1. The van der Waals surface area contributed by atoms with Gasteiger partial charge in [-0.25, -0.2) is 4.79 Å². The maximum absolute atomic E-state index is 12.2. The molecular weight excluding hydrogens is 349 g/mol. The van der Waals surface area contributed by atoms with Crippen LogP contribution in [0.3, 0.4) is 0 Å². The number of carbonyl (C=O) groups is 2. The molecule has 1 aliphatic rings. The molecule has 0 spiro atoms. The average molecular weight is 366 g/mol. The van der Waals surface area contributed by atoms with E-state index in [9.17, 15) is 18.0 Å². The summed E-state index contributed by atoms with van der Waals surface area (Å²) in [5.74, 6) is -2.75. The van der Waals surface area contributed by atoms with Gasteiger partial charge in [0.1, 0.15) is 0 Å². The quantitative estimate of drug-likeness (QED) is 0.781. The molecule has 0 fully saturated rings. The number of benzene rings is 2. The summed E-state index contributed by atoms with van der Waals surface area (Å²) in [5, 5.41) is 13.4. The lowest BCUT2D eigenvalue weighted by molar-refractivity contribution is -0.192. The summed E-state index contributed by atoms with van der Waals surface area (Å²) in [5.41, 5.74) is 4.26. The predicted octanol–water partition coefficient (Wildman–Crippen LogP) is 2.85. The maximum Gasteiger partial charge on any atom is 0.490 e. The summed E-state index contributed by atoms with van der Waals surface area (Å²) in [6.45, 7) is 2.20. The Hall–Kier alpha value is -2.87. The van der Waals surface area contributed by atoms with E-state index in [4.69, 9.17) is 9.90 Å². The second kappa shape index (κ2) is 8.48. The monoisotopic (exact) mass is 366 g/mol. The molecule has 0 saturated carbocycles. The minimum atomic E-state index is -5.08. The highest BCUT2D eigenvalue weighted by atomic mass is 19.4. The first kappa shape index (κ1) is 19.5. The number of rotatable bonds is 3. The van der Waals surface area contributed by atoms with Crippen molar-refractivity contribution in [3.8, 4) is 0 Å². The van der Waals surface area contributed by atoms with Crippen molar-refractivity contribution < 1.29 is 27.9 Å². The molecule has 3 N–H and O–H groups in total. The summed E-state index contributed by atoms with van der Waals surface area (Å²) in [7, 11) is 0. The van der Waals surface area contributed by atoms with Gasteiger partial charge in [0.05, 0.1) is 0 Å². The molecule has 138 valence electrons. The van der Waals surface area contributed by atoms with E-state index in [1.54, 1.807) is 0 Å². The molecule has 0 atom stereocenters. The fraction of sp³-hybridized carbons (Fsp3) is 0.222. The van der Waals surface area contributed by atoms with Crippen molar-refractivity contribution in [2.24, 2.45) is 0 Å². The van der Waals surface area contributed by atoms with Gasteiger partial charge in [0.2, 0.25) is 0 Å². The van der Waals surface area contributed by atoms with Gasteiger partial charge in [-0.15, -0.1) is 0 Å². The largest absolute Gasteiger partial charge is 0.490 e. The van der Waals surface area contributed by atoms with Crippen molar-refractivity contribution >= 4 is 11.9 Å². The van der Waals surface area contributed by atoms with Gasteiger partial charge in [-0.3, -0.25) is 4.79 Å². The smallest absolute Gasteiger partial charge is 0.475 e. The van der Waals surface area contributed by atoms with E-state index >= 15 is 0 Å². The van der Waals surface area contributed by atoms with Crippen molar-refractivity contribution in [1.29, 1.82) is 0 Å². The Morgan fingerprint density at radius 2 is 1.69 bits per heavy atom. The van der Waals surface area contributed by atoms with Gasteiger partial charge >= 0.3 is 12.1 Å². The number of carbonyl (C=O) groups excluding carboxylic acids is 1. The Labute approximate surface area is 147 Å². The number of aliphatic carboxylic acids is 1. The van der Waals surface area contributed by atoms with Crippen molar-refractivity contribution in [3.05, 3.63) is 70.8 Å². The molecule has 0 aromatic heterocycles. The Kier molecular flexibility index (Phi) is 6.35. The van der Waals surface area contributed by atoms with Crippen molar-refractivity contribution in [2.75, 3.05) is 0 Å². The molecule has 0 radical (unpaired) electrons. The number of halogens is 3. The third-order valence-corrected chi connectivity index (χ3v) is 3.67. The van der Waals surface area contributed by atoms with Crippen LogP contribution in [0.15, 0.2) is 48.5 Å². The lowest BCUT2D eigenvalue weighted by Gasteiger charge is -2.09. The summed E-state index contributed by atoms with van der Waals surface area (Å²) in [4.78, 5) is 21.1. The van der Waals surface area contributed by atoms with Crippen molar-refractivity contribution in [2.45, 2.75) is 25.8 Å². The van der Waals surface area contributed by atoms with Gasteiger partial charge in [0.15, 0.2) is 0 Å². The first-order valence-electron chi connectivity index (χ1n) is 7.72. The van der Waals surface area contributed by atoms with Gasteiger partial charge in [-0.05, 0) is 22.8 Å². The van der Waals surface area contributed by atoms with E-state index in [1.165, 1.54) is 5.56 Å². The highest BCUT2D eigenvalue weighted by Gasteiger charge is 2.38. The third kappa shape index (κ3) is 5.32. The molecule has 8 heteroatoms. The lowest BCUT2D eigenvalue weighted by Crippen LogP contribution is -2.24. The highest BCUT2D eigenvalue weighted by molar-refractivity contribution is 5.96. The zero-order valence-corrected chi connectivity index (χ0v) is 13.6. The second-order valence-electron chi connectivity index (χ2n) is 5.52. The van der Waals surface area contributed by atoms with Gasteiger partial charge in [0.25, 0.3) is 5.91 Å². The predicted molar refractivity (Wildman–Crippen MR) is 88.3 cm³/mol. The summed E-state index contributed by atoms with van der Waals surface area (Å²) >= 11 is 0. The van der Waals surface area contributed by atoms with Crippen molar-refractivity contribution in [1.82, 2.24) is 10.6 Å². The van der Waals surface area contributed by atoms with Crippen LogP contribution in [0.4, 0.5) is 13.2 Å². The SMILES string of the molecule is O=C(NCc1ccccc1)c1cccc2c1CNC2.O=C(O)C(F)(F)F. The topological polar surface area (TPSA) is 78.4 Å². The summed E-state index contributed by atoms with van der Waals surface area (Å²) in [6.07, 6.45) is -5.08. The van der Waals surface area contributed by atoms with Crippen LogP contribution in [0.1, 0.15) is 27.0 Å². The number of alkyl halides is 3. The molecule has 3 rings (SSSR count). The molecular formula is C18H17F3N2O3. The van der Waals surface area contributed by atoms with Crippen LogP contribution in [0.25, 0.3) is 0 Å². The number of carboxylic acids is 1. The molecule has 5 nitrogen and oxygen atoms in total.